The van der Waals surface area contributed by atoms with Crippen LogP contribution in [0, 0.1) is 17.1 Å². The van der Waals surface area contributed by atoms with Gasteiger partial charge in [0, 0.05) is 5.56 Å². The first-order valence-electron chi connectivity index (χ1n) is 3.92. The van der Waals surface area contributed by atoms with Gasteiger partial charge in [-0.3, -0.25) is 5.43 Å². The van der Waals surface area contributed by atoms with Crippen LogP contribution in [0.2, 0.25) is 0 Å². The van der Waals surface area contributed by atoms with E-state index in [2.05, 4.69) is 22.7 Å². The first-order valence-corrected chi connectivity index (χ1v) is 4.33. The number of hydrazone groups is 1. The van der Waals surface area contributed by atoms with E-state index in [9.17, 15) is 4.39 Å². The monoisotopic (exact) mass is 222 g/mol. The fourth-order valence-corrected chi connectivity index (χ4v) is 0.979. The summed E-state index contributed by atoms with van der Waals surface area (Å²) in [6.45, 7) is 0. The Labute approximate surface area is 91.2 Å². The predicted octanol–water partition coefficient (Wildman–Crippen LogP) is 0.864. The topological polar surface area (TPSA) is 74.2 Å². The molecule has 0 amide bonds. The average Bonchev–Trinajstić information content (AvgIpc) is 2.20. The molecule has 0 radical (unpaired) electrons. The highest BCUT2D eigenvalue weighted by molar-refractivity contribution is 7.80. The van der Waals surface area contributed by atoms with Crippen LogP contribution in [0.1, 0.15) is 11.1 Å². The SMILES string of the molecule is N#Cc1cccc(F)c1C=NNC(N)=S. The van der Waals surface area contributed by atoms with Gasteiger partial charge in [-0.05, 0) is 24.4 Å². The van der Waals surface area contributed by atoms with Crippen LogP contribution in [-0.2, 0) is 0 Å². The molecule has 1 rings (SSSR count). The lowest BCUT2D eigenvalue weighted by Crippen LogP contribution is -2.24. The molecule has 0 fully saturated rings. The highest BCUT2D eigenvalue weighted by Gasteiger charge is 2.04. The Balaban J connectivity index is 2.98. The van der Waals surface area contributed by atoms with Gasteiger partial charge >= 0.3 is 0 Å². The van der Waals surface area contributed by atoms with Crippen molar-refractivity contribution in [1.82, 2.24) is 5.43 Å². The second-order valence-electron chi connectivity index (χ2n) is 2.55. The molecule has 0 atom stereocenters. The highest BCUT2D eigenvalue weighted by Crippen LogP contribution is 2.09. The van der Waals surface area contributed by atoms with Gasteiger partial charge in [-0.1, -0.05) is 6.07 Å². The van der Waals surface area contributed by atoms with Gasteiger partial charge < -0.3 is 5.73 Å². The molecule has 3 N–H and O–H groups in total. The Hall–Kier alpha value is -2.00. The van der Waals surface area contributed by atoms with Crippen molar-refractivity contribution in [3.8, 4) is 6.07 Å². The van der Waals surface area contributed by atoms with Crippen molar-refractivity contribution in [2.24, 2.45) is 10.8 Å². The Morgan fingerprint density at radius 3 is 3.00 bits per heavy atom. The molecule has 0 unspecified atom stereocenters. The van der Waals surface area contributed by atoms with Gasteiger partial charge in [-0.25, -0.2) is 4.39 Å². The molecule has 15 heavy (non-hydrogen) atoms. The van der Waals surface area contributed by atoms with E-state index >= 15 is 0 Å². The van der Waals surface area contributed by atoms with Crippen LogP contribution >= 0.6 is 12.2 Å². The summed E-state index contributed by atoms with van der Waals surface area (Å²) in [5.74, 6) is -0.525. The minimum Gasteiger partial charge on any atom is -0.375 e. The molecule has 76 valence electrons. The lowest BCUT2D eigenvalue weighted by atomic mass is 10.1. The fourth-order valence-electron chi connectivity index (χ4n) is 0.926. The zero-order valence-electron chi connectivity index (χ0n) is 7.57. The Morgan fingerprint density at radius 2 is 2.40 bits per heavy atom. The molecule has 0 saturated carbocycles. The second-order valence-corrected chi connectivity index (χ2v) is 2.99. The number of nitriles is 1. The third-order valence-electron chi connectivity index (χ3n) is 1.54. The van der Waals surface area contributed by atoms with E-state index in [0.717, 1.165) is 6.21 Å². The van der Waals surface area contributed by atoms with Crippen molar-refractivity contribution in [2.45, 2.75) is 0 Å². The van der Waals surface area contributed by atoms with Crippen molar-refractivity contribution in [3.05, 3.63) is 35.1 Å². The molecule has 0 aliphatic heterocycles. The number of nitrogens with one attached hydrogen (secondary N) is 1. The van der Waals surface area contributed by atoms with Gasteiger partial charge in [0.1, 0.15) is 5.82 Å². The predicted molar refractivity (Wildman–Crippen MR) is 58.6 cm³/mol. The van der Waals surface area contributed by atoms with Crippen LogP contribution in [0.5, 0.6) is 0 Å². The number of thiocarbonyl (C=S) groups is 1. The van der Waals surface area contributed by atoms with E-state index < -0.39 is 5.82 Å². The molecule has 0 aliphatic carbocycles. The summed E-state index contributed by atoms with van der Waals surface area (Å²) in [6.07, 6.45) is 1.16. The fraction of sp³-hybridized carbons (Fsp3) is 0. The quantitative estimate of drug-likeness (QED) is 0.442. The molecule has 1 aromatic rings. The Kier molecular flexibility index (Phi) is 3.71. The standard InChI is InChI=1S/C9H7FN4S/c10-8-3-1-2-6(4-11)7(8)5-13-14-9(12)15/h1-3,5H,(H3,12,14,15). The van der Waals surface area contributed by atoms with E-state index in [-0.39, 0.29) is 16.2 Å². The maximum Gasteiger partial charge on any atom is 0.184 e. The number of nitrogens with two attached hydrogens (primary N) is 1. The number of hydrogen-bond donors (Lipinski definition) is 2. The molecule has 4 nitrogen and oxygen atoms in total. The summed E-state index contributed by atoms with van der Waals surface area (Å²) in [5, 5.41) is 12.3. The summed E-state index contributed by atoms with van der Waals surface area (Å²) in [4.78, 5) is 0. The zero-order chi connectivity index (χ0) is 11.3. The molecule has 0 heterocycles. The summed E-state index contributed by atoms with van der Waals surface area (Å²) in [7, 11) is 0. The lowest BCUT2D eigenvalue weighted by molar-refractivity contribution is 0.625. The first kappa shape index (κ1) is 11.1. The maximum absolute atomic E-state index is 13.2. The molecular weight excluding hydrogens is 215 g/mol. The van der Waals surface area contributed by atoms with Gasteiger partial charge in [0.05, 0.1) is 17.8 Å². The number of halogens is 1. The number of rotatable bonds is 2. The molecular formula is C9H7FN4S. The van der Waals surface area contributed by atoms with Crippen molar-refractivity contribution < 1.29 is 4.39 Å². The van der Waals surface area contributed by atoms with E-state index in [1.807, 2.05) is 6.07 Å². The number of nitrogens with zero attached hydrogens (tertiary/aromatic N) is 2. The third kappa shape index (κ3) is 3.00. The van der Waals surface area contributed by atoms with Gasteiger partial charge in [0.15, 0.2) is 5.11 Å². The van der Waals surface area contributed by atoms with E-state index in [1.165, 1.54) is 18.2 Å². The summed E-state index contributed by atoms with van der Waals surface area (Å²) >= 11 is 4.50. The summed E-state index contributed by atoms with van der Waals surface area (Å²) in [6, 6.07) is 6.03. The van der Waals surface area contributed by atoms with Gasteiger partial charge in [-0.15, -0.1) is 0 Å². The molecule has 0 spiro atoms. The minimum absolute atomic E-state index is 0.0268. The Bertz CT molecular complexity index is 450. The molecule has 0 aromatic heterocycles. The number of benzene rings is 1. The van der Waals surface area contributed by atoms with Crippen LogP contribution in [0.15, 0.2) is 23.3 Å². The van der Waals surface area contributed by atoms with Crippen molar-refractivity contribution >= 4 is 23.5 Å². The molecule has 1 aromatic carbocycles. The van der Waals surface area contributed by atoms with Crippen LogP contribution in [-0.4, -0.2) is 11.3 Å². The van der Waals surface area contributed by atoms with Crippen LogP contribution in [0.25, 0.3) is 0 Å². The highest BCUT2D eigenvalue weighted by atomic mass is 32.1. The van der Waals surface area contributed by atoms with E-state index in [1.54, 1.807) is 0 Å². The summed E-state index contributed by atoms with van der Waals surface area (Å²) in [5.41, 5.74) is 7.69. The van der Waals surface area contributed by atoms with Crippen LogP contribution in [0.4, 0.5) is 4.39 Å². The molecule has 0 saturated heterocycles. The second kappa shape index (κ2) is 5.02. The maximum atomic E-state index is 13.2. The first-order chi connectivity index (χ1) is 7.15. The van der Waals surface area contributed by atoms with Gasteiger partial charge in [0.25, 0.3) is 0 Å². The largest absolute Gasteiger partial charge is 0.375 e. The van der Waals surface area contributed by atoms with Gasteiger partial charge in [0.2, 0.25) is 0 Å². The number of hydrogen-bond acceptors (Lipinski definition) is 3. The molecule has 0 aliphatic rings. The zero-order valence-corrected chi connectivity index (χ0v) is 8.38. The van der Waals surface area contributed by atoms with Gasteiger partial charge in [-0.2, -0.15) is 10.4 Å². The minimum atomic E-state index is -0.525. The van der Waals surface area contributed by atoms with Crippen LogP contribution in [0.3, 0.4) is 0 Å². The Morgan fingerprint density at radius 1 is 1.67 bits per heavy atom. The summed E-state index contributed by atoms with van der Waals surface area (Å²) < 4.78 is 13.2. The van der Waals surface area contributed by atoms with E-state index in [4.69, 9.17) is 11.0 Å². The lowest BCUT2D eigenvalue weighted by Gasteiger charge is -1.99. The van der Waals surface area contributed by atoms with Crippen molar-refractivity contribution in [1.29, 1.82) is 5.26 Å². The van der Waals surface area contributed by atoms with Crippen molar-refractivity contribution in [2.75, 3.05) is 0 Å². The average molecular weight is 222 g/mol. The van der Waals surface area contributed by atoms with Crippen LogP contribution < -0.4 is 11.2 Å². The van der Waals surface area contributed by atoms with E-state index in [0.29, 0.717) is 0 Å². The molecule has 6 heteroatoms. The third-order valence-corrected chi connectivity index (χ3v) is 1.63. The smallest absolute Gasteiger partial charge is 0.184 e. The van der Waals surface area contributed by atoms with Crippen molar-refractivity contribution in [3.63, 3.8) is 0 Å². The molecule has 0 bridgehead atoms. The normalized spacial score (nSPS) is 9.87.